The first-order valence-electron chi connectivity index (χ1n) is 4.06. The van der Waals surface area contributed by atoms with Gasteiger partial charge in [0.05, 0.1) is 12.7 Å². The molecule has 1 aromatic rings. The molecule has 0 heterocycles. The van der Waals surface area contributed by atoms with Crippen molar-refractivity contribution >= 4 is 0 Å². The maximum Gasteiger partial charge on any atom is 0.416 e. The highest BCUT2D eigenvalue weighted by Crippen LogP contribution is 2.30. The Bertz CT molecular complexity index is 337. The monoisotopic (exact) mass is 223 g/mol. The lowest BCUT2D eigenvalue weighted by Gasteiger charge is -2.09. The van der Waals surface area contributed by atoms with Gasteiger partial charge in [0.25, 0.3) is 0 Å². The van der Waals surface area contributed by atoms with Crippen molar-refractivity contribution in [2.45, 2.75) is 12.7 Å². The van der Waals surface area contributed by atoms with E-state index in [0.29, 0.717) is 6.07 Å². The summed E-state index contributed by atoms with van der Waals surface area (Å²) in [7, 11) is 1.32. The minimum absolute atomic E-state index is 0.0112. The average molecular weight is 223 g/mol. The van der Waals surface area contributed by atoms with Crippen molar-refractivity contribution in [3.8, 4) is 0 Å². The van der Waals surface area contributed by atoms with Crippen LogP contribution in [-0.4, -0.2) is 7.11 Å². The fourth-order valence-electron chi connectivity index (χ4n) is 1.07. The lowest BCUT2D eigenvalue weighted by atomic mass is 10.1. The lowest BCUT2D eigenvalue weighted by molar-refractivity contribution is -0.137. The summed E-state index contributed by atoms with van der Waals surface area (Å²) in [6, 6.07) is 2.34. The van der Waals surface area contributed by atoms with Gasteiger partial charge in [-0.05, 0) is 23.8 Å². The highest BCUT2D eigenvalue weighted by atomic mass is 19.4. The van der Waals surface area contributed by atoms with Crippen LogP contribution in [0.25, 0.3) is 0 Å². The second kappa shape index (κ2) is 4.59. The Hall–Kier alpha value is -1.14. The molecule has 0 saturated heterocycles. The standard InChI is InChI=1S/C9H9F4NO/c1-15-14-5-6-2-7(9(11,12)13)4-8(10)3-6/h2-4,14H,5H2,1H3. The molecule has 0 fully saturated rings. The zero-order valence-electron chi connectivity index (χ0n) is 7.86. The molecule has 0 atom stereocenters. The molecule has 1 N–H and O–H groups in total. The van der Waals surface area contributed by atoms with Crippen LogP contribution in [0.1, 0.15) is 11.1 Å². The van der Waals surface area contributed by atoms with Gasteiger partial charge >= 0.3 is 6.18 Å². The van der Waals surface area contributed by atoms with Gasteiger partial charge in [-0.15, -0.1) is 0 Å². The number of hydrogen-bond acceptors (Lipinski definition) is 2. The van der Waals surface area contributed by atoms with E-state index in [1.165, 1.54) is 7.11 Å². The molecule has 0 aromatic heterocycles. The molecule has 0 aliphatic heterocycles. The Morgan fingerprint density at radius 3 is 2.47 bits per heavy atom. The number of hydrogen-bond donors (Lipinski definition) is 1. The third-order valence-corrected chi connectivity index (χ3v) is 1.71. The molecule has 0 aliphatic carbocycles. The Balaban J connectivity index is 2.95. The van der Waals surface area contributed by atoms with E-state index in [4.69, 9.17) is 0 Å². The van der Waals surface area contributed by atoms with E-state index in [9.17, 15) is 17.6 Å². The van der Waals surface area contributed by atoms with Crippen LogP contribution in [0.4, 0.5) is 17.6 Å². The first-order valence-corrected chi connectivity index (χ1v) is 4.06. The van der Waals surface area contributed by atoms with Crippen LogP contribution < -0.4 is 5.48 Å². The van der Waals surface area contributed by atoms with Gasteiger partial charge in [-0.2, -0.15) is 18.7 Å². The van der Waals surface area contributed by atoms with Gasteiger partial charge in [-0.1, -0.05) is 0 Å². The molecule has 84 valence electrons. The molecule has 2 nitrogen and oxygen atoms in total. The summed E-state index contributed by atoms with van der Waals surface area (Å²) in [5.41, 5.74) is 1.50. The summed E-state index contributed by atoms with van der Waals surface area (Å²) >= 11 is 0. The second-order valence-electron chi connectivity index (χ2n) is 2.87. The minimum atomic E-state index is -4.54. The number of alkyl halides is 3. The van der Waals surface area contributed by atoms with E-state index in [2.05, 4.69) is 10.3 Å². The summed E-state index contributed by atoms with van der Waals surface area (Å²) < 4.78 is 49.6. The molecule has 0 spiro atoms. The number of nitrogens with one attached hydrogen (secondary N) is 1. The van der Waals surface area contributed by atoms with Crippen LogP contribution in [-0.2, 0) is 17.6 Å². The van der Waals surface area contributed by atoms with Crippen LogP contribution in [0.15, 0.2) is 18.2 Å². The second-order valence-corrected chi connectivity index (χ2v) is 2.87. The Labute approximate surface area is 83.8 Å². The quantitative estimate of drug-likeness (QED) is 0.628. The molecule has 0 bridgehead atoms. The normalized spacial score (nSPS) is 11.8. The predicted molar refractivity (Wildman–Crippen MR) is 45.3 cm³/mol. The zero-order chi connectivity index (χ0) is 11.5. The third-order valence-electron chi connectivity index (χ3n) is 1.71. The summed E-state index contributed by atoms with van der Waals surface area (Å²) in [5, 5.41) is 0. The van der Waals surface area contributed by atoms with E-state index in [1.807, 2.05) is 0 Å². The van der Waals surface area contributed by atoms with Crippen molar-refractivity contribution in [2.75, 3.05) is 7.11 Å². The molecule has 1 aromatic carbocycles. The van der Waals surface area contributed by atoms with Crippen LogP contribution >= 0.6 is 0 Å². The van der Waals surface area contributed by atoms with Crippen LogP contribution in [0, 0.1) is 5.82 Å². The summed E-state index contributed by atoms with van der Waals surface area (Å²) in [4.78, 5) is 4.46. The highest BCUT2D eigenvalue weighted by molar-refractivity contribution is 5.26. The SMILES string of the molecule is CONCc1cc(F)cc(C(F)(F)F)c1. The van der Waals surface area contributed by atoms with E-state index in [0.717, 1.165) is 12.1 Å². The smallest absolute Gasteiger partial charge is 0.305 e. The van der Waals surface area contributed by atoms with Gasteiger partial charge < -0.3 is 4.84 Å². The third kappa shape index (κ3) is 3.49. The Kier molecular flexibility index (Phi) is 3.65. The molecule has 6 heteroatoms. The highest BCUT2D eigenvalue weighted by Gasteiger charge is 2.31. The molecule has 15 heavy (non-hydrogen) atoms. The van der Waals surface area contributed by atoms with Crippen molar-refractivity contribution in [2.24, 2.45) is 0 Å². The maximum absolute atomic E-state index is 12.8. The summed E-state index contributed by atoms with van der Waals surface area (Å²) in [6.45, 7) is 0.0112. The van der Waals surface area contributed by atoms with Crippen LogP contribution in [0.3, 0.4) is 0 Å². The van der Waals surface area contributed by atoms with E-state index in [-0.39, 0.29) is 12.1 Å². The maximum atomic E-state index is 12.8. The lowest BCUT2D eigenvalue weighted by Crippen LogP contribution is -2.13. The first kappa shape index (κ1) is 11.9. The first-order chi connectivity index (χ1) is 6.93. The zero-order valence-corrected chi connectivity index (χ0v) is 7.86. The molecule has 1 rings (SSSR count). The van der Waals surface area contributed by atoms with Gasteiger partial charge in [-0.25, -0.2) is 4.39 Å². The van der Waals surface area contributed by atoms with E-state index >= 15 is 0 Å². The van der Waals surface area contributed by atoms with Crippen molar-refractivity contribution in [3.63, 3.8) is 0 Å². The van der Waals surface area contributed by atoms with Crippen molar-refractivity contribution < 1.29 is 22.4 Å². The molecule has 0 aliphatic rings. The fourth-order valence-corrected chi connectivity index (χ4v) is 1.07. The van der Waals surface area contributed by atoms with Crippen molar-refractivity contribution in [1.29, 1.82) is 0 Å². The van der Waals surface area contributed by atoms with Crippen molar-refractivity contribution in [1.82, 2.24) is 5.48 Å². The largest absolute Gasteiger partial charge is 0.416 e. The molecule has 0 unspecified atom stereocenters. The van der Waals surface area contributed by atoms with Crippen LogP contribution in [0.2, 0.25) is 0 Å². The number of hydroxylamine groups is 1. The Morgan fingerprint density at radius 2 is 1.93 bits per heavy atom. The molecule has 0 amide bonds. The van der Waals surface area contributed by atoms with Gasteiger partial charge in [-0.3, -0.25) is 0 Å². The van der Waals surface area contributed by atoms with Gasteiger partial charge in [0.1, 0.15) is 5.82 Å². The van der Waals surface area contributed by atoms with Crippen LogP contribution in [0.5, 0.6) is 0 Å². The molecular formula is C9H9F4NO. The number of benzene rings is 1. The van der Waals surface area contributed by atoms with E-state index < -0.39 is 17.6 Å². The Morgan fingerprint density at radius 1 is 1.27 bits per heavy atom. The molecular weight excluding hydrogens is 214 g/mol. The molecule has 0 radical (unpaired) electrons. The summed E-state index contributed by atoms with van der Waals surface area (Å²) in [5.74, 6) is -0.919. The van der Waals surface area contributed by atoms with E-state index in [1.54, 1.807) is 0 Å². The van der Waals surface area contributed by atoms with Gasteiger partial charge in [0, 0.05) is 6.54 Å². The fraction of sp³-hybridized carbons (Fsp3) is 0.333. The summed E-state index contributed by atoms with van der Waals surface area (Å²) in [6.07, 6.45) is -4.54. The predicted octanol–water partition coefficient (Wildman–Crippen LogP) is 2.50. The molecule has 0 saturated carbocycles. The van der Waals surface area contributed by atoms with Gasteiger partial charge in [0.15, 0.2) is 0 Å². The number of halogens is 4. The topological polar surface area (TPSA) is 21.3 Å². The number of rotatable bonds is 3. The van der Waals surface area contributed by atoms with Crippen molar-refractivity contribution in [3.05, 3.63) is 35.1 Å². The average Bonchev–Trinajstić information content (AvgIpc) is 2.12. The van der Waals surface area contributed by atoms with Gasteiger partial charge in [0.2, 0.25) is 0 Å². The minimum Gasteiger partial charge on any atom is -0.305 e.